The molecule has 1 heterocycles. The van der Waals surface area contributed by atoms with Gasteiger partial charge >= 0.3 is 5.82 Å². The van der Waals surface area contributed by atoms with E-state index in [1.165, 1.54) is 0 Å². The van der Waals surface area contributed by atoms with Crippen molar-refractivity contribution < 1.29 is 8.94 Å². The zero-order chi connectivity index (χ0) is 8.97. The summed E-state index contributed by atoms with van der Waals surface area (Å²) in [6, 6.07) is 0. The average molecular weight is 171 g/mol. The van der Waals surface area contributed by atoms with Gasteiger partial charge in [-0.25, -0.2) is 4.79 Å². The van der Waals surface area contributed by atoms with Crippen molar-refractivity contribution >= 4 is 0 Å². The molecule has 0 aliphatic heterocycles. The molecular weight excluding hydrogens is 158 g/mol. The Morgan fingerprint density at radius 1 is 1.58 bits per heavy atom. The van der Waals surface area contributed by atoms with Gasteiger partial charge in [-0.05, 0) is 17.5 Å². The Bertz CT molecular complexity index is 276. The third-order valence-electron chi connectivity index (χ3n) is 1.97. The van der Waals surface area contributed by atoms with E-state index in [2.05, 4.69) is 27.9 Å². The summed E-state index contributed by atoms with van der Waals surface area (Å²) in [5.41, 5.74) is 0. The van der Waals surface area contributed by atoms with E-state index in [1.54, 1.807) is 0 Å². The normalized spacial score (nSPS) is 13.2. The minimum Gasteiger partial charge on any atom is -0.375 e. The van der Waals surface area contributed by atoms with Crippen LogP contribution in [0.4, 0.5) is 0 Å². The van der Waals surface area contributed by atoms with Crippen LogP contribution in [0.3, 0.4) is 0 Å². The Morgan fingerprint density at radius 2 is 2.33 bits per heavy atom. The number of hydrogen-bond acceptors (Lipinski definition) is 4. The van der Waals surface area contributed by atoms with Gasteiger partial charge in [-0.3, -0.25) is 4.52 Å². The summed E-state index contributed by atoms with van der Waals surface area (Å²) in [5.74, 6) is 0.321. The van der Waals surface area contributed by atoms with Crippen molar-refractivity contribution in [2.45, 2.75) is 33.1 Å². The number of aryl methyl sites for hydroxylation is 1. The molecule has 1 aromatic heterocycles. The molecule has 0 bridgehead atoms. The Morgan fingerprint density at radius 3 is 2.83 bits per heavy atom. The van der Waals surface area contributed by atoms with Crippen LogP contribution in [-0.4, -0.2) is 5.16 Å². The van der Waals surface area contributed by atoms with Gasteiger partial charge in [-0.2, -0.15) is 0 Å². The second-order valence-corrected chi connectivity index (χ2v) is 2.98. The second kappa shape index (κ2) is 4.09. The Balaban J connectivity index is 2.38. The second-order valence-electron chi connectivity index (χ2n) is 2.98. The predicted octanol–water partition coefficient (Wildman–Crippen LogP) is 1.61. The van der Waals surface area contributed by atoms with E-state index in [0.29, 0.717) is 18.2 Å². The van der Waals surface area contributed by atoms with Gasteiger partial charge in [0.1, 0.15) is 0 Å². The fraction of sp³-hybridized carbons (Fsp3) is 0.750. The standard InChI is InChI=1S/C8H13NO3/c1-3-6(2)4-5-7-9-12-8(10)11-7/h6H,3-5H2,1-2H3/t6-/m0/s1. The Hall–Kier alpha value is -1.06. The van der Waals surface area contributed by atoms with Gasteiger partial charge in [-0.1, -0.05) is 20.3 Å². The first-order chi connectivity index (χ1) is 5.72. The molecule has 1 aromatic rings. The van der Waals surface area contributed by atoms with Crippen LogP contribution in [0.1, 0.15) is 32.6 Å². The molecule has 4 nitrogen and oxygen atoms in total. The lowest BCUT2D eigenvalue weighted by Crippen LogP contribution is -1.95. The lowest BCUT2D eigenvalue weighted by atomic mass is 10.0. The lowest BCUT2D eigenvalue weighted by molar-refractivity contribution is 0.333. The maximum absolute atomic E-state index is 10.4. The fourth-order valence-electron chi connectivity index (χ4n) is 0.892. The van der Waals surface area contributed by atoms with Crippen LogP contribution in [0.5, 0.6) is 0 Å². The van der Waals surface area contributed by atoms with E-state index < -0.39 is 5.82 Å². The average Bonchev–Trinajstić information content (AvgIpc) is 2.47. The highest BCUT2D eigenvalue weighted by Gasteiger charge is 2.05. The van der Waals surface area contributed by atoms with Crippen molar-refractivity contribution in [2.24, 2.45) is 5.92 Å². The van der Waals surface area contributed by atoms with E-state index >= 15 is 0 Å². The molecule has 12 heavy (non-hydrogen) atoms. The summed E-state index contributed by atoms with van der Waals surface area (Å²) >= 11 is 0. The Labute approximate surface area is 70.6 Å². The van der Waals surface area contributed by atoms with E-state index in [1.807, 2.05) is 0 Å². The molecule has 0 fully saturated rings. The molecule has 0 saturated heterocycles. The van der Waals surface area contributed by atoms with E-state index in [-0.39, 0.29) is 0 Å². The lowest BCUT2D eigenvalue weighted by Gasteiger charge is -2.03. The fourth-order valence-corrected chi connectivity index (χ4v) is 0.892. The van der Waals surface area contributed by atoms with Gasteiger partial charge in [0.25, 0.3) is 0 Å². The van der Waals surface area contributed by atoms with Crippen LogP contribution in [-0.2, 0) is 6.42 Å². The van der Waals surface area contributed by atoms with Gasteiger partial charge in [0.2, 0.25) is 5.89 Å². The zero-order valence-electron chi connectivity index (χ0n) is 7.37. The number of hydrogen-bond donors (Lipinski definition) is 0. The Kier molecular flexibility index (Phi) is 3.08. The predicted molar refractivity (Wildman–Crippen MR) is 42.8 cm³/mol. The number of nitrogens with zero attached hydrogens (tertiary/aromatic N) is 1. The summed E-state index contributed by atoms with van der Waals surface area (Å²) in [5, 5.41) is 3.47. The van der Waals surface area contributed by atoms with E-state index in [4.69, 9.17) is 0 Å². The highest BCUT2D eigenvalue weighted by Crippen LogP contribution is 2.09. The largest absolute Gasteiger partial charge is 0.542 e. The minimum atomic E-state index is -0.714. The molecule has 0 saturated carbocycles. The maximum atomic E-state index is 10.4. The zero-order valence-corrected chi connectivity index (χ0v) is 7.37. The molecule has 0 aliphatic carbocycles. The SMILES string of the molecule is CC[C@H](C)CCc1noc(=O)o1. The smallest absolute Gasteiger partial charge is 0.375 e. The summed E-state index contributed by atoms with van der Waals surface area (Å²) in [6.45, 7) is 4.28. The molecule has 4 heteroatoms. The number of aromatic nitrogens is 1. The van der Waals surface area contributed by atoms with Crippen LogP contribution in [0, 0.1) is 5.92 Å². The molecule has 0 spiro atoms. The molecule has 0 amide bonds. The molecular formula is C8H13NO3. The van der Waals surface area contributed by atoms with Crippen molar-refractivity contribution in [1.29, 1.82) is 0 Å². The van der Waals surface area contributed by atoms with Crippen LogP contribution < -0.4 is 5.82 Å². The molecule has 0 aromatic carbocycles. The monoisotopic (exact) mass is 171 g/mol. The maximum Gasteiger partial charge on any atom is 0.542 e. The molecule has 0 unspecified atom stereocenters. The first kappa shape index (κ1) is 9.03. The third kappa shape index (κ3) is 2.53. The molecule has 0 N–H and O–H groups in total. The van der Waals surface area contributed by atoms with Gasteiger partial charge in [0.05, 0.1) is 0 Å². The van der Waals surface area contributed by atoms with Crippen molar-refractivity contribution in [3.8, 4) is 0 Å². The van der Waals surface area contributed by atoms with Crippen molar-refractivity contribution in [1.82, 2.24) is 5.16 Å². The highest BCUT2D eigenvalue weighted by molar-refractivity contribution is 4.72. The summed E-state index contributed by atoms with van der Waals surface area (Å²) in [4.78, 5) is 10.4. The molecule has 1 rings (SSSR count). The van der Waals surface area contributed by atoms with Gasteiger partial charge in [0, 0.05) is 6.42 Å². The van der Waals surface area contributed by atoms with Crippen molar-refractivity contribution in [2.75, 3.05) is 0 Å². The van der Waals surface area contributed by atoms with Crippen LogP contribution >= 0.6 is 0 Å². The number of rotatable bonds is 4. The molecule has 1 atom stereocenters. The van der Waals surface area contributed by atoms with E-state index in [9.17, 15) is 4.79 Å². The van der Waals surface area contributed by atoms with Gasteiger partial charge in [0.15, 0.2) is 0 Å². The van der Waals surface area contributed by atoms with Crippen molar-refractivity contribution in [3.63, 3.8) is 0 Å². The van der Waals surface area contributed by atoms with E-state index in [0.717, 1.165) is 12.8 Å². The molecule has 68 valence electrons. The van der Waals surface area contributed by atoms with Gasteiger partial charge < -0.3 is 4.42 Å². The summed E-state index contributed by atoms with van der Waals surface area (Å²) in [7, 11) is 0. The first-order valence-corrected chi connectivity index (χ1v) is 4.18. The highest BCUT2D eigenvalue weighted by atomic mass is 16.6. The topological polar surface area (TPSA) is 56.2 Å². The summed E-state index contributed by atoms with van der Waals surface area (Å²) in [6.07, 6.45) is 2.79. The third-order valence-corrected chi connectivity index (χ3v) is 1.97. The first-order valence-electron chi connectivity index (χ1n) is 4.18. The van der Waals surface area contributed by atoms with Crippen LogP contribution in [0.25, 0.3) is 0 Å². The molecule has 0 aliphatic rings. The minimum absolute atomic E-state index is 0.403. The van der Waals surface area contributed by atoms with Crippen LogP contribution in [0.2, 0.25) is 0 Å². The van der Waals surface area contributed by atoms with Crippen molar-refractivity contribution in [3.05, 3.63) is 16.5 Å². The van der Waals surface area contributed by atoms with Gasteiger partial charge in [-0.15, -0.1) is 0 Å². The quantitative estimate of drug-likeness (QED) is 0.690. The summed E-state index contributed by atoms with van der Waals surface area (Å²) < 4.78 is 8.90. The molecule has 0 radical (unpaired) electrons. The van der Waals surface area contributed by atoms with Crippen LogP contribution in [0.15, 0.2) is 13.7 Å².